The van der Waals surface area contributed by atoms with Gasteiger partial charge in [-0.15, -0.1) is 0 Å². The summed E-state index contributed by atoms with van der Waals surface area (Å²) in [5, 5.41) is 0. The van der Waals surface area contributed by atoms with Crippen LogP contribution in [0.15, 0.2) is 12.2 Å². The molecule has 0 aromatic heterocycles. The Bertz CT molecular complexity index is 442. The van der Waals surface area contributed by atoms with E-state index in [2.05, 4.69) is 0 Å². The van der Waals surface area contributed by atoms with Gasteiger partial charge in [-0.2, -0.15) is 0 Å². The second kappa shape index (κ2) is 8.56. The van der Waals surface area contributed by atoms with Crippen LogP contribution in [-0.4, -0.2) is 38.2 Å². The van der Waals surface area contributed by atoms with Crippen molar-refractivity contribution in [2.24, 2.45) is 23.7 Å². The van der Waals surface area contributed by atoms with E-state index in [0.29, 0.717) is 6.42 Å². The minimum absolute atomic E-state index is 0.174. The quantitative estimate of drug-likeness (QED) is 0.422. The lowest BCUT2D eigenvalue weighted by Crippen LogP contribution is -2.37. The van der Waals surface area contributed by atoms with Gasteiger partial charge in [0.25, 0.3) is 0 Å². The fraction of sp³-hybridized carbons (Fsp3) is 0.688. The second-order valence-electron chi connectivity index (χ2n) is 5.23. The smallest absolute Gasteiger partial charge is 0.313 e. The van der Waals surface area contributed by atoms with E-state index in [0.717, 1.165) is 0 Å². The number of methoxy groups -OCH3 is 1. The Kier molecular flexibility index (Phi) is 7.08. The first kappa shape index (κ1) is 18.2. The van der Waals surface area contributed by atoms with Crippen LogP contribution in [0.3, 0.4) is 0 Å². The predicted molar refractivity (Wildman–Crippen MR) is 78.7 cm³/mol. The fourth-order valence-electron chi connectivity index (χ4n) is 2.62. The minimum Gasteiger partial charge on any atom is -0.469 e. The van der Waals surface area contributed by atoms with Crippen molar-refractivity contribution in [3.63, 3.8) is 0 Å². The summed E-state index contributed by atoms with van der Waals surface area (Å²) in [6.45, 7) is 5.66. The Morgan fingerprint density at radius 2 is 1.68 bits per heavy atom. The van der Waals surface area contributed by atoms with Gasteiger partial charge in [0.2, 0.25) is 0 Å². The molecule has 6 nitrogen and oxygen atoms in total. The Morgan fingerprint density at radius 3 is 2.23 bits per heavy atom. The van der Waals surface area contributed by atoms with Gasteiger partial charge in [0.15, 0.2) is 0 Å². The highest BCUT2D eigenvalue weighted by Gasteiger charge is 2.40. The van der Waals surface area contributed by atoms with Gasteiger partial charge in [-0.25, -0.2) is 0 Å². The van der Waals surface area contributed by atoms with E-state index in [1.165, 1.54) is 7.11 Å². The SMILES string of the molecule is CCOC(=O)[C@H]1C=C[C@H]([C@H](C)C(=O)OC)C[C@@H]1C(=O)OCC. The summed E-state index contributed by atoms with van der Waals surface area (Å²) in [6, 6.07) is 0. The number of hydrogen-bond donors (Lipinski definition) is 0. The van der Waals surface area contributed by atoms with Gasteiger partial charge >= 0.3 is 17.9 Å². The van der Waals surface area contributed by atoms with E-state index < -0.39 is 23.8 Å². The molecule has 0 aromatic rings. The zero-order valence-electron chi connectivity index (χ0n) is 13.5. The van der Waals surface area contributed by atoms with E-state index >= 15 is 0 Å². The number of esters is 3. The summed E-state index contributed by atoms with van der Waals surface area (Å²) in [5.41, 5.74) is 0. The van der Waals surface area contributed by atoms with Crippen LogP contribution in [-0.2, 0) is 28.6 Å². The first-order chi connectivity index (χ1) is 10.5. The maximum Gasteiger partial charge on any atom is 0.313 e. The second-order valence-corrected chi connectivity index (χ2v) is 5.23. The summed E-state index contributed by atoms with van der Waals surface area (Å²) < 4.78 is 14.8. The van der Waals surface area contributed by atoms with E-state index in [4.69, 9.17) is 14.2 Å². The summed E-state index contributed by atoms with van der Waals surface area (Å²) in [7, 11) is 1.33. The lowest BCUT2D eigenvalue weighted by molar-refractivity contribution is -0.160. The van der Waals surface area contributed by atoms with E-state index in [9.17, 15) is 14.4 Å². The van der Waals surface area contributed by atoms with Crippen molar-refractivity contribution in [2.75, 3.05) is 20.3 Å². The molecule has 0 spiro atoms. The standard InChI is InChI=1S/C16H24O6/c1-5-21-15(18)12-8-7-11(10(3)14(17)20-4)9-13(12)16(19)22-6-2/h7-8,10-13H,5-6,9H2,1-4H3/t10-,11-,12-,13-/m0/s1. The maximum atomic E-state index is 12.1. The van der Waals surface area contributed by atoms with Crippen LogP contribution in [0.5, 0.6) is 0 Å². The Morgan fingerprint density at radius 1 is 1.09 bits per heavy atom. The van der Waals surface area contributed by atoms with Gasteiger partial charge in [-0.05, 0) is 26.2 Å². The molecule has 6 heteroatoms. The number of carbonyl (C=O) groups excluding carboxylic acids is 3. The van der Waals surface area contributed by atoms with Crippen LogP contribution in [0.4, 0.5) is 0 Å². The molecule has 124 valence electrons. The average Bonchev–Trinajstić information content (AvgIpc) is 2.53. The van der Waals surface area contributed by atoms with E-state index in [1.807, 2.05) is 0 Å². The Labute approximate surface area is 130 Å². The molecule has 22 heavy (non-hydrogen) atoms. The monoisotopic (exact) mass is 312 g/mol. The first-order valence-electron chi connectivity index (χ1n) is 7.55. The van der Waals surface area contributed by atoms with Crippen molar-refractivity contribution in [2.45, 2.75) is 27.2 Å². The lowest BCUT2D eigenvalue weighted by Gasteiger charge is -2.31. The number of hydrogen-bond acceptors (Lipinski definition) is 6. The van der Waals surface area contributed by atoms with Gasteiger partial charge in [-0.3, -0.25) is 14.4 Å². The van der Waals surface area contributed by atoms with Gasteiger partial charge in [-0.1, -0.05) is 19.1 Å². The summed E-state index contributed by atoms with van der Waals surface area (Å²) >= 11 is 0. The highest BCUT2D eigenvalue weighted by molar-refractivity contribution is 5.84. The number of carbonyl (C=O) groups is 3. The van der Waals surface area contributed by atoms with Crippen LogP contribution < -0.4 is 0 Å². The molecule has 0 radical (unpaired) electrons. The molecular formula is C16H24O6. The fourth-order valence-corrected chi connectivity index (χ4v) is 2.62. The number of allylic oxidation sites excluding steroid dienone is 1. The van der Waals surface area contributed by atoms with E-state index in [1.54, 1.807) is 32.9 Å². The molecule has 0 bridgehead atoms. The molecule has 0 N–H and O–H groups in total. The summed E-state index contributed by atoms with van der Waals surface area (Å²) in [4.78, 5) is 35.8. The molecule has 0 saturated heterocycles. The molecular weight excluding hydrogens is 288 g/mol. The van der Waals surface area contributed by atoms with E-state index in [-0.39, 0.29) is 31.0 Å². The van der Waals surface area contributed by atoms with Crippen LogP contribution >= 0.6 is 0 Å². The summed E-state index contributed by atoms with van der Waals surface area (Å²) in [5.74, 6) is -3.09. The molecule has 1 rings (SSSR count). The summed E-state index contributed by atoms with van der Waals surface area (Å²) in [6.07, 6.45) is 3.79. The molecule has 1 aliphatic rings. The van der Waals surface area contributed by atoms with Gasteiger partial charge in [0.05, 0.1) is 38.1 Å². The third-order valence-corrected chi connectivity index (χ3v) is 3.89. The minimum atomic E-state index is -0.667. The molecule has 4 atom stereocenters. The third kappa shape index (κ3) is 4.32. The van der Waals surface area contributed by atoms with Gasteiger partial charge < -0.3 is 14.2 Å². The predicted octanol–water partition coefficient (Wildman–Crippen LogP) is 1.73. The zero-order chi connectivity index (χ0) is 16.7. The Hall–Kier alpha value is -1.85. The van der Waals surface area contributed by atoms with Crippen LogP contribution in [0, 0.1) is 23.7 Å². The van der Waals surface area contributed by atoms with Crippen molar-refractivity contribution >= 4 is 17.9 Å². The van der Waals surface area contributed by atoms with Crippen molar-refractivity contribution in [1.29, 1.82) is 0 Å². The van der Waals surface area contributed by atoms with Crippen LogP contribution in [0.25, 0.3) is 0 Å². The van der Waals surface area contributed by atoms with Crippen LogP contribution in [0.2, 0.25) is 0 Å². The highest BCUT2D eigenvalue weighted by atomic mass is 16.5. The molecule has 0 unspecified atom stereocenters. The molecule has 0 amide bonds. The van der Waals surface area contributed by atoms with Crippen LogP contribution in [0.1, 0.15) is 27.2 Å². The first-order valence-corrected chi connectivity index (χ1v) is 7.55. The normalized spacial score (nSPS) is 25.2. The van der Waals surface area contributed by atoms with Gasteiger partial charge in [0.1, 0.15) is 0 Å². The molecule has 0 fully saturated rings. The molecule has 0 aliphatic heterocycles. The number of rotatable bonds is 6. The molecule has 0 aromatic carbocycles. The lowest BCUT2D eigenvalue weighted by atomic mass is 9.74. The largest absolute Gasteiger partial charge is 0.469 e. The molecule has 1 aliphatic carbocycles. The molecule has 0 saturated carbocycles. The Balaban J connectivity index is 2.95. The van der Waals surface area contributed by atoms with Crippen molar-refractivity contribution in [3.8, 4) is 0 Å². The van der Waals surface area contributed by atoms with Crippen molar-refractivity contribution in [3.05, 3.63) is 12.2 Å². The van der Waals surface area contributed by atoms with Crippen molar-refractivity contribution < 1.29 is 28.6 Å². The van der Waals surface area contributed by atoms with Crippen molar-refractivity contribution in [1.82, 2.24) is 0 Å². The zero-order valence-corrected chi connectivity index (χ0v) is 13.5. The molecule has 0 heterocycles. The third-order valence-electron chi connectivity index (χ3n) is 3.89. The number of ether oxygens (including phenoxy) is 3. The topological polar surface area (TPSA) is 78.9 Å². The average molecular weight is 312 g/mol. The maximum absolute atomic E-state index is 12.1. The highest BCUT2D eigenvalue weighted by Crippen LogP contribution is 2.34. The van der Waals surface area contributed by atoms with Gasteiger partial charge in [0, 0.05) is 0 Å².